The smallest absolute Gasteiger partial charge is 0.0797 e. The molecule has 0 heterocycles. The first-order chi connectivity index (χ1) is 6.20. The summed E-state index contributed by atoms with van der Waals surface area (Å²) in [5, 5.41) is 8.41. The lowest BCUT2D eigenvalue weighted by atomic mass is 10.2. The standard InChI is InChI=1S/C7H8.C3H8ClNO/c1-7-5-3-2-4-6-7;4-1-3(6)2-5/h2-6H,1H3;3,6H,1-2,5H2. The number of aliphatic hydroxyl groups excluding tert-OH is 1. The van der Waals surface area contributed by atoms with Gasteiger partial charge in [0.25, 0.3) is 0 Å². The maximum Gasteiger partial charge on any atom is 0.0797 e. The summed E-state index contributed by atoms with van der Waals surface area (Å²) in [7, 11) is 0. The minimum absolute atomic E-state index is 0.233. The van der Waals surface area contributed by atoms with Gasteiger partial charge in [-0.3, -0.25) is 0 Å². The second kappa shape index (κ2) is 8.05. The van der Waals surface area contributed by atoms with Crippen LogP contribution >= 0.6 is 11.6 Å². The Morgan fingerprint density at radius 3 is 2.08 bits per heavy atom. The van der Waals surface area contributed by atoms with Gasteiger partial charge < -0.3 is 10.8 Å². The highest BCUT2D eigenvalue weighted by molar-refractivity contribution is 6.18. The summed E-state index contributed by atoms with van der Waals surface area (Å²) in [6.45, 7) is 2.34. The van der Waals surface area contributed by atoms with Gasteiger partial charge in [-0.05, 0) is 6.92 Å². The fourth-order valence-electron chi connectivity index (χ4n) is 0.597. The summed E-state index contributed by atoms with van der Waals surface area (Å²) >= 11 is 5.12. The van der Waals surface area contributed by atoms with Crippen LogP contribution in [0.5, 0.6) is 0 Å². The molecule has 1 rings (SSSR count). The summed E-state index contributed by atoms with van der Waals surface area (Å²) in [6.07, 6.45) is -0.522. The highest BCUT2D eigenvalue weighted by Crippen LogP contribution is 1.92. The van der Waals surface area contributed by atoms with E-state index >= 15 is 0 Å². The summed E-state index contributed by atoms with van der Waals surface area (Å²) in [5.41, 5.74) is 6.27. The van der Waals surface area contributed by atoms with Crippen LogP contribution in [0.1, 0.15) is 5.56 Å². The highest BCUT2D eigenvalue weighted by atomic mass is 35.5. The van der Waals surface area contributed by atoms with Gasteiger partial charge in [-0.1, -0.05) is 35.9 Å². The normalized spacial score (nSPS) is 11.4. The van der Waals surface area contributed by atoms with Gasteiger partial charge >= 0.3 is 0 Å². The van der Waals surface area contributed by atoms with E-state index in [1.54, 1.807) is 0 Å². The zero-order valence-electron chi connectivity index (χ0n) is 7.78. The van der Waals surface area contributed by atoms with Gasteiger partial charge in [0, 0.05) is 12.4 Å². The van der Waals surface area contributed by atoms with Crippen molar-refractivity contribution in [3.05, 3.63) is 35.9 Å². The van der Waals surface area contributed by atoms with E-state index in [4.69, 9.17) is 22.4 Å². The van der Waals surface area contributed by atoms with E-state index in [1.807, 2.05) is 18.2 Å². The molecule has 0 spiro atoms. The molecule has 1 aromatic carbocycles. The van der Waals surface area contributed by atoms with Crippen LogP contribution in [-0.4, -0.2) is 23.6 Å². The van der Waals surface area contributed by atoms with Gasteiger partial charge in [0.05, 0.1) is 6.10 Å². The zero-order chi connectivity index (χ0) is 10.1. The monoisotopic (exact) mass is 201 g/mol. The van der Waals surface area contributed by atoms with E-state index in [-0.39, 0.29) is 12.4 Å². The quantitative estimate of drug-likeness (QED) is 0.714. The lowest BCUT2D eigenvalue weighted by molar-refractivity contribution is 0.206. The number of rotatable bonds is 2. The number of benzene rings is 1. The van der Waals surface area contributed by atoms with Crippen LogP contribution in [0, 0.1) is 6.92 Å². The first kappa shape index (κ1) is 12.4. The van der Waals surface area contributed by atoms with Crippen molar-refractivity contribution in [1.82, 2.24) is 0 Å². The second-order valence-electron chi connectivity index (χ2n) is 2.70. The Hall–Kier alpha value is -0.570. The molecule has 3 N–H and O–H groups in total. The molecule has 0 saturated heterocycles. The van der Waals surface area contributed by atoms with E-state index in [1.165, 1.54) is 5.56 Å². The Labute approximate surface area is 84.3 Å². The molecule has 2 nitrogen and oxygen atoms in total. The predicted octanol–water partition coefficient (Wildman–Crippen LogP) is 1.54. The van der Waals surface area contributed by atoms with Crippen LogP contribution in [-0.2, 0) is 0 Å². The number of alkyl halides is 1. The largest absolute Gasteiger partial charge is 0.391 e. The molecule has 0 amide bonds. The minimum atomic E-state index is -0.522. The number of halogens is 1. The fourth-order valence-corrected chi connectivity index (χ4v) is 0.723. The van der Waals surface area contributed by atoms with Crippen molar-refractivity contribution in [2.75, 3.05) is 12.4 Å². The molecule has 0 aliphatic heterocycles. The molecule has 0 radical (unpaired) electrons. The molecule has 1 unspecified atom stereocenters. The van der Waals surface area contributed by atoms with Crippen LogP contribution in [0.15, 0.2) is 30.3 Å². The van der Waals surface area contributed by atoms with Crippen LogP contribution in [0.3, 0.4) is 0 Å². The van der Waals surface area contributed by atoms with E-state index in [2.05, 4.69) is 19.1 Å². The number of aliphatic hydroxyl groups is 1. The lowest BCUT2D eigenvalue weighted by Crippen LogP contribution is -2.20. The van der Waals surface area contributed by atoms with Crippen LogP contribution < -0.4 is 5.73 Å². The van der Waals surface area contributed by atoms with Crippen LogP contribution in [0.4, 0.5) is 0 Å². The number of hydrogen-bond acceptors (Lipinski definition) is 2. The minimum Gasteiger partial charge on any atom is -0.391 e. The summed E-state index contributed by atoms with van der Waals surface area (Å²) in [5.74, 6) is 0.233. The first-order valence-corrected chi connectivity index (χ1v) is 4.70. The van der Waals surface area contributed by atoms with Crippen LogP contribution in [0.2, 0.25) is 0 Å². The Morgan fingerprint density at radius 2 is 1.92 bits per heavy atom. The van der Waals surface area contributed by atoms with Gasteiger partial charge in [-0.2, -0.15) is 0 Å². The average molecular weight is 202 g/mol. The third kappa shape index (κ3) is 7.78. The van der Waals surface area contributed by atoms with E-state index in [0.717, 1.165) is 0 Å². The maximum atomic E-state index is 8.41. The highest BCUT2D eigenvalue weighted by Gasteiger charge is 1.92. The predicted molar refractivity (Wildman–Crippen MR) is 57.0 cm³/mol. The second-order valence-corrected chi connectivity index (χ2v) is 3.01. The van der Waals surface area contributed by atoms with Crippen molar-refractivity contribution in [3.8, 4) is 0 Å². The number of nitrogens with two attached hydrogens (primary N) is 1. The zero-order valence-corrected chi connectivity index (χ0v) is 8.54. The lowest BCUT2D eigenvalue weighted by Gasteiger charge is -1.96. The first-order valence-electron chi connectivity index (χ1n) is 4.16. The van der Waals surface area contributed by atoms with Crippen molar-refractivity contribution in [2.24, 2.45) is 5.73 Å². The third-order valence-electron chi connectivity index (χ3n) is 1.39. The van der Waals surface area contributed by atoms with Gasteiger partial charge in [0.2, 0.25) is 0 Å². The molecular formula is C10H16ClNO. The number of hydrogen-bond donors (Lipinski definition) is 2. The molecule has 1 aromatic rings. The van der Waals surface area contributed by atoms with E-state index < -0.39 is 6.10 Å². The molecule has 0 aliphatic rings. The van der Waals surface area contributed by atoms with Crippen molar-refractivity contribution in [3.63, 3.8) is 0 Å². The molecule has 0 aromatic heterocycles. The van der Waals surface area contributed by atoms with Gasteiger partial charge in [0.1, 0.15) is 0 Å². The topological polar surface area (TPSA) is 46.2 Å². The molecule has 1 atom stereocenters. The average Bonchev–Trinajstić information content (AvgIpc) is 2.19. The molecule has 0 fully saturated rings. The molecule has 74 valence electrons. The Kier molecular flexibility index (Phi) is 7.69. The van der Waals surface area contributed by atoms with Gasteiger partial charge in [0.15, 0.2) is 0 Å². The summed E-state index contributed by atoms with van der Waals surface area (Å²) in [6, 6.07) is 10.3. The molecule has 3 heteroatoms. The maximum absolute atomic E-state index is 8.41. The molecule has 0 aliphatic carbocycles. The Balaban J connectivity index is 0.000000226. The Bertz CT molecular complexity index is 199. The van der Waals surface area contributed by atoms with Crippen molar-refractivity contribution in [2.45, 2.75) is 13.0 Å². The van der Waals surface area contributed by atoms with Gasteiger partial charge in [-0.15, -0.1) is 11.6 Å². The van der Waals surface area contributed by atoms with Crippen molar-refractivity contribution < 1.29 is 5.11 Å². The number of aryl methyl sites for hydroxylation is 1. The molecule has 0 saturated carbocycles. The van der Waals surface area contributed by atoms with Crippen LogP contribution in [0.25, 0.3) is 0 Å². The molecule has 0 bridgehead atoms. The van der Waals surface area contributed by atoms with Crippen molar-refractivity contribution >= 4 is 11.6 Å². The Morgan fingerprint density at radius 1 is 1.38 bits per heavy atom. The van der Waals surface area contributed by atoms with E-state index in [9.17, 15) is 0 Å². The van der Waals surface area contributed by atoms with Gasteiger partial charge in [-0.25, -0.2) is 0 Å². The third-order valence-corrected chi connectivity index (χ3v) is 1.75. The SMILES string of the molecule is Cc1ccccc1.NCC(O)CCl. The fraction of sp³-hybridized carbons (Fsp3) is 0.400. The summed E-state index contributed by atoms with van der Waals surface area (Å²) in [4.78, 5) is 0. The molecule has 13 heavy (non-hydrogen) atoms. The van der Waals surface area contributed by atoms with Crippen molar-refractivity contribution in [1.29, 1.82) is 0 Å². The van der Waals surface area contributed by atoms with E-state index in [0.29, 0.717) is 0 Å². The summed E-state index contributed by atoms with van der Waals surface area (Å²) < 4.78 is 0. The molecular weight excluding hydrogens is 186 g/mol.